The highest BCUT2D eigenvalue weighted by molar-refractivity contribution is 5.81. The molecule has 1 aliphatic rings. The minimum atomic E-state index is 0.165. The highest BCUT2D eigenvalue weighted by atomic mass is 16.5. The number of aryl methyl sites for hydroxylation is 1. The Morgan fingerprint density at radius 2 is 2.20 bits per heavy atom. The minimum absolute atomic E-state index is 0.165. The van der Waals surface area contributed by atoms with E-state index in [1.807, 2.05) is 0 Å². The molecular weight excluding hydrogens is 194 g/mol. The summed E-state index contributed by atoms with van der Waals surface area (Å²) in [5.41, 5.74) is 7.66. The lowest BCUT2D eigenvalue weighted by Crippen LogP contribution is -2.15. The maximum absolute atomic E-state index is 8.49. The standard InChI is InChI=1S/C10H15N3O2/c11-10(12-14)6-9-7-4-2-1-3-5-8(7)13-15-9/h14H,1-6H2,(H2,11,12). The number of rotatable bonds is 2. The first-order valence-corrected chi connectivity index (χ1v) is 5.24. The average Bonchev–Trinajstić information content (AvgIpc) is 2.50. The molecule has 0 bridgehead atoms. The Morgan fingerprint density at radius 3 is 3.00 bits per heavy atom. The molecule has 0 unspecified atom stereocenters. The van der Waals surface area contributed by atoms with E-state index in [1.165, 1.54) is 18.4 Å². The largest absolute Gasteiger partial charge is 0.409 e. The van der Waals surface area contributed by atoms with Gasteiger partial charge in [0.2, 0.25) is 0 Å². The number of hydrogen-bond acceptors (Lipinski definition) is 4. The number of fused-ring (bicyclic) bond motifs is 1. The second kappa shape index (κ2) is 4.33. The van der Waals surface area contributed by atoms with Crippen LogP contribution in [-0.4, -0.2) is 16.2 Å². The summed E-state index contributed by atoms with van der Waals surface area (Å²) in [6.07, 6.45) is 5.89. The Hall–Kier alpha value is -1.52. The van der Waals surface area contributed by atoms with Gasteiger partial charge in [0.05, 0.1) is 12.1 Å². The summed E-state index contributed by atoms with van der Waals surface area (Å²) in [6, 6.07) is 0. The smallest absolute Gasteiger partial charge is 0.147 e. The fraction of sp³-hybridized carbons (Fsp3) is 0.600. The van der Waals surface area contributed by atoms with Gasteiger partial charge in [0, 0.05) is 5.56 Å². The summed E-state index contributed by atoms with van der Waals surface area (Å²) in [5, 5.41) is 15.5. The van der Waals surface area contributed by atoms with Crippen LogP contribution in [-0.2, 0) is 19.3 Å². The summed E-state index contributed by atoms with van der Waals surface area (Å²) in [5.74, 6) is 0.917. The maximum Gasteiger partial charge on any atom is 0.147 e. The van der Waals surface area contributed by atoms with Gasteiger partial charge in [-0.2, -0.15) is 0 Å². The quantitative estimate of drug-likeness (QED) is 0.252. The molecular formula is C10H15N3O2. The highest BCUT2D eigenvalue weighted by Gasteiger charge is 2.18. The molecule has 2 rings (SSSR count). The summed E-state index contributed by atoms with van der Waals surface area (Å²) in [7, 11) is 0. The van der Waals surface area contributed by atoms with Crippen molar-refractivity contribution in [2.24, 2.45) is 10.9 Å². The van der Waals surface area contributed by atoms with E-state index in [-0.39, 0.29) is 5.84 Å². The molecule has 0 aromatic carbocycles. The molecule has 0 aliphatic heterocycles. The number of nitrogens with two attached hydrogens (primary N) is 1. The van der Waals surface area contributed by atoms with Crippen molar-refractivity contribution in [1.82, 2.24) is 5.16 Å². The molecule has 5 heteroatoms. The molecule has 15 heavy (non-hydrogen) atoms. The van der Waals surface area contributed by atoms with E-state index in [1.54, 1.807) is 0 Å². The zero-order valence-corrected chi connectivity index (χ0v) is 8.57. The van der Waals surface area contributed by atoms with Crippen LogP contribution in [0.5, 0.6) is 0 Å². The van der Waals surface area contributed by atoms with Gasteiger partial charge in [0.15, 0.2) is 0 Å². The van der Waals surface area contributed by atoms with Crippen LogP contribution in [0.2, 0.25) is 0 Å². The number of aromatic nitrogens is 1. The SMILES string of the molecule is N/C(Cc1onc2c1CCCCC2)=N\O. The Morgan fingerprint density at radius 1 is 1.40 bits per heavy atom. The van der Waals surface area contributed by atoms with Crippen molar-refractivity contribution >= 4 is 5.84 Å². The van der Waals surface area contributed by atoms with Gasteiger partial charge in [-0.15, -0.1) is 0 Å². The fourth-order valence-corrected chi connectivity index (χ4v) is 1.97. The van der Waals surface area contributed by atoms with Crippen molar-refractivity contribution in [3.8, 4) is 0 Å². The molecule has 5 nitrogen and oxygen atoms in total. The molecule has 0 amide bonds. The monoisotopic (exact) mass is 209 g/mol. The van der Waals surface area contributed by atoms with Crippen molar-refractivity contribution in [3.05, 3.63) is 17.0 Å². The van der Waals surface area contributed by atoms with Crippen molar-refractivity contribution in [2.75, 3.05) is 0 Å². The molecule has 0 saturated carbocycles. The van der Waals surface area contributed by atoms with Gasteiger partial charge in [0.25, 0.3) is 0 Å². The van der Waals surface area contributed by atoms with Gasteiger partial charge in [-0.05, 0) is 25.7 Å². The normalized spacial score (nSPS) is 17.2. The molecule has 0 atom stereocenters. The zero-order chi connectivity index (χ0) is 10.7. The molecule has 1 heterocycles. The molecule has 3 N–H and O–H groups in total. The first-order valence-electron chi connectivity index (χ1n) is 5.24. The molecule has 1 aromatic heterocycles. The number of nitrogens with zero attached hydrogens (tertiary/aromatic N) is 2. The lowest BCUT2D eigenvalue weighted by atomic mass is 10.1. The summed E-state index contributed by atoms with van der Waals surface area (Å²) >= 11 is 0. The van der Waals surface area contributed by atoms with Gasteiger partial charge in [-0.1, -0.05) is 16.7 Å². The van der Waals surface area contributed by atoms with E-state index in [9.17, 15) is 0 Å². The van der Waals surface area contributed by atoms with E-state index in [2.05, 4.69) is 10.3 Å². The topological polar surface area (TPSA) is 84.6 Å². The summed E-state index contributed by atoms with van der Waals surface area (Å²) in [4.78, 5) is 0. The Kier molecular flexibility index (Phi) is 2.89. The highest BCUT2D eigenvalue weighted by Crippen LogP contribution is 2.23. The van der Waals surface area contributed by atoms with Crippen LogP contribution in [0.25, 0.3) is 0 Å². The first kappa shape index (κ1) is 10.0. The Bertz CT molecular complexity index is 371. The van der Waals surface area contributed by atoms with E-state index in [0.717, 1.165) is 30.7 Å². The summed E-state index contributed by atoms with van der Waals surface area (Å²) < 4.78 is 5.22. The Balaban J connectivity index is 2.22. The van der Waals surface area contributed by atoms with Crippen LogP contribution in [0.15, 0.2) is 9.68 Å². The number of oxime groups is 1. The van der Waals surface area contributed by atoms with Crippen molar-refractivity contribution in [3.63, 3.8) is 0 Å². The van der Waals surface area contributed by atoms with Crippen molar-refractivity contribution in [2.45, 2.75) is 38.5 Å². The average molecular weight is 209 g/mol. The molecule has 1 aliphatic carbocycles. The van der Waals surface area contributed by atoms with Crippen LogP contribution >= 0.6 is 0 Å². The predicted octanol–water partition coefficient (Wildman–Crippen LogP) is 1.23. The van der Waals surface area contributed by atoms with E-state index in [4.69, 9.17) is 15.5 Å². The Labute approximate surface area is 87.9 Å². The second-order valence-corrected chi connectivity index (χ2v) is 3.86. The maximum atomic E-state index is 8.49. The minimum Gasteiger partial charge on any atom is -0.409 e. The van der Waals surface area contributed by atoms with Crippen LogP contribution in [0.1, 0.15) is 36.3 Å². The number of hydrogen-bond donors (Lipinski definition) is 2. The van der Waals surface area contributed by atoms with Crippen LogP contribution in [0.4, 0.5) is 0 Å². The molecule has 82 valence electrons. The molecule has 0 radical (unpaired) electrons. The summed E-state index contributed by atoms with van der Waals surface area (Å²) in [6.45, 7) is 0. The third kappa shape index (κ3) is 2.11. The number of amidine groups is 1. The lowest BCUT2D eigenvalue weighted by Gasteiger charge is -1.98. The van der Waals surface area contributed by atoms with E-state index >= 15 is 0 Å². The van der Waals surface area contributed by atoms with Gasteiger partial charge >= 0.3 is 0 Å². The molecule has 1 aromatic rings. The predicted molar refractivity (Wildman–Crippen MR) is 54.9 cm³/mol. The van der Waals surface area contributed by atoms with Gasteiger partial charge < -0.3 is 15.5 Å². The lowest BCUT2D eigenvalue weighted by molar-refractivity contribution is 0.315. The first-order chi connectivity index (χ1) is 7.31. The van der Waals surface area contributed by atoms with Gasteiger partial charge in [0.1, 0.15) is 11.6 Å². The third-order valence-corrected chi connectivity index (χ3v) is 2.76. The van der Waals surface area contributed by atoms with Crippen LogP contribution in [0, 0.1) is 0 Å². The van der Waals surface area contributed by atoms with Crippen molar-refractivity contribution in [1.29, 1.82) is 0 Å². The van der Waals surface area contributed by atoms with Crippen molar-refractivity contribution < 1.29 is 9.73 Å². The molecule has 0 saturated heterocycles. The van der Waals surface area contributed by atoms with E-state index < -0.39 is 0 Å². The third-order valence-electron chi connectivity index (χ3n) is 2.76. The van der Waals surface area contributed by atoms with Crippen LogP contribution < -0.4 is 5.73 Å². The van der Waals surface area contributed by atoms with Gasteiger partial charge in [-0.3, -0.25) is 0 Å². The molecule has 0 spiro atoms. The second-order valence-electron chi connectivity index (χ2n) is 3.86. The van der Waals surface area contributed by atoms with Crippen LogP contribution in [0.3, 0.4) is 0 Å². The van der Waals surface area contributed by atoms with Gasteiger partial charge in [-0.25, -0.2) is 0 Å². The molecule has 0 fully saturated rings. The fourth-order valence-electron chi connectivity index (χ4n) is 1.97. The van der Waals surface area contributed by atoms with E-state index in [0.29, 0.717) is 6.42 Å². The zero-order valence-electron chi connectivity index (χ0n) is 8.57.